The Bertz CT molecular complexity index is 932. The van der Waals surface area contributed by atoms with Crippen LogP contribution in [0.5, 0.6) is 0 Å². The molecular weight excluding hydrogens is 344 g/mol. The minimum Gasteiger partial charge on any atom is -0.502 e. The Kier molecular flexibility index (Phi) is 5.49. The molecule has 2 heterocycles. The van der Waals surface area contributed by atoms with Gasteiger partial charge in [-0.3, -0.25) is 0 Å². The van der Waals surface area contributed by atoms with E-state index in [4.69, 9.17) is 16.6 Å². The maximum Gasteiger partial charge on any atom is 0.287 e. The zero-order chi connectivity index (χ0) is 18.5. The molecule has 1 aromatic carbocycles. The number of aliphatic hydroxyl groups is 1. The van der Waals surface area contributed by atoms with E-state index in [2.05, 4.69) is 5.32 Å². The van der Waals surface area contributed by atoms with E-state index in [9.17, 15) is 5.11 Å². The van der Waals surface area contributed by atoms with Crippen LogP contribution in [0.25, 0.3) is 11.5 Å². The van der Waals surface area contributed by atoms with Crippen LogP contribution in [0, 0.1) is 13.8 Å². The van der Waals surface area contributed by atoms with E-state index >= 15 is 0 Å². The predicted molar refractivity (Wildman–Crippen MR) is 106 cm³/mol. The highest BCUT2D eigenvalue weighted by molar-refractivity contribution is 7.81. The lowest BCUT2D eigenvalue weighted by atomic mass is 10.0. The quantitative estimate of drug-likeness (QED) is 0.308. The number of pyridine rings is 1. The highest BCUT2D eigenvalue weighted by Gasteiger charge is 2.23. The monoisotopic (exact) mass is 365 g/mol. The number of nitrogens with zero attached hydrogens (tertiary/aromatic N) is 1. The van der Waals surface area contributed by atoms with Crippen molar-refractivity contribution in [3.63, 3.8) is 0 Å². The van der Waals surface area contributed by atoms with Crippen molar-refractivity contribution in [2.24, 2.45) is 0 Å². The summed E-state index contributed by atoms with van der Waals surface area (Å²) in [7, 11) is 0. The molecule has 0 spiro atoms. The van der Waals surface area contributed by atoms with Gasteiger partial charge in [-0.05, 0) is 43.2 Å². The molecule has 0 aliphatic rings. The van der Waals surface area contributed by atoms with Crippen LogP contribution < -0.4 is 9.88 Å². The molecular formula is C21H21N2O2S+. The van der Waals surface area contributed by atoms with E-state index in [1.54, 1.807) is 6.26 Å². The molecule has 2 aromatic heterocycles. The van der Waals surface area contributed by atoms with Gasteiger partial charge in [-0.1, -0.05) is 30.4 Å². The number of aryl methyl sites for hydroxylation is 2. The van der Waals surface area contributed by atoms with Crippen molar-refractivity contribution in [2.45, 2.75) is 20.4 Å². The van der Waals surface area contributed by atoms with Gasteiger partial charge in [0.15, 0.2) is 23.1 Å². The van der Waals surface area contributed by atoms with Crippen molar-refractivity contribution >= 4 is 28.7 Å². The summed E-state index contributed by atoms with van der Waals surface area (Å²) in [6, 6.07) is 15.3. The van der Waals surface area contributed by atoms with Gasteiger partial charge in [-0.2, -0.15) is 4.57 Å². The van der Waals surface area contributed by atoms with Crippen LogP contribution in [-0.4, -0.2) is 10.1 Å². The predicted octanol–water partition coefficient (Wildman–Crippen LogP) is 4.18. The fraction of sp³-hybridized carbons (Fsp3) is 0.143. The average molecular weight is 365 g/mol. The summed E-state index contributed by atoms with van der Waals surface area (Å²) in [5.41, 5.74) is 3.53. The van der Waals surface area contributed by atoms with Gasteiger partial charge in [0.05, 0.1) is 12.8 Å². The fourth-order valence-electron chi connectivity index (χ4n) is 2.58. The van der Waals surface area contributed by atoms with Crippen LogP contribution in [0.2, 0.25) is 0 Å². The van der Waals surface area contributed by atoms with Crippen molar-refractivity contribution in [3.8, 4) is 0 Å². The van der Waals surface area contributed by atoms with E-state index in [0.717, 1.165) is 16.9 Å². The lowest BCUT2D eigenvalue weighted by molar-refractivity contribution is -0.576. The molecule has 26 heavy (non-hydrogen) atoms. The van der Waals surface area contributed by atoms with E-state index in [1.165, 1.54) is 5.56 Å². The van der Waals surface area contributed by atoms with Crippen LogP contribution >= 0.6 is 12.2 Å². The minimum atomic E-state index is 0.126. The molecule has 0 fully saturated rings. The molecule has 0 aliphatic carbocycles. The van der Waals surface area contributed by atoms with Gasteiger partial charge in [0.1, 0.15) is 5.76 Å². The van der Waals surface area contributed by atoms with Crippen LogP contribution in [0.3, 0.4) is 0 Å². The van der Waals surface area contributed by atoms with Crippen LogP contribution in [0.4, 0.5) is 0 Å². The Labute approximate surface area is 158 Å². The number of hydrogen-bond donors (Lipinski definition) is 2. The number of hydrogen-bond acceptors (Lipinski definition) is 3. The number of aromatic nitrogens is 1. The van der Waals surface area contributed by atoms with Gasteiger partial charge in [0, 0.05) is 17.7 Å². The van der Waals surface area contributed by atoms with E-state index in [0.29, 0.717) is 17.2 Å². The first-order chi connectivity index (χ1) is 12.6. The number of benzene rings is 1. The van der Waals surface area contributed by atoms with E-state index in [1.807, 2.05) is 79.3 Å². The molecule has 0 saturated heterocycles. The summed E-state index contributed by atoms with van der Waals surface area (Å²) in [5, 5.41) is 14.1. The molecule has 0 unspecified atom stereocenters. The first kappa shape index (κ1) is 17.9. The number of aliphatic hydroxyl groups excluding tert-OH is 1. The Balaban J connectivity index is 1.99. The topological polar surface area (TPSA) is 49.3 Å². The maximum atomic E-state index is 11.0. The minimum absolute atomic E-state index is 0.126. The Hall–Kier alpha value is -2.92. The SMILES string of the molecule is Cc1ccc(/C(O)=C(/C(=S)NCc2ccco2)[n+]2ccccc2)cc1C. The third kappa shape index (κ3) is 4.00. The second-order valence-corrected chi connectivity index (χ2v) is 6.45. The molecule has 2 N–H and O–H groups in total. The normalized spacial score (nSPS) is 11.8. The van der Waals surface area contributed by atoms with E-state index in [-0.39, 0.29) is 5.76 Å². The van der Waals surface area contributed by atoms with Crippen molar-refractivity contribution in [1.29, 1.82) is 0 Å². The second-order valence-electron chi connectivity index (χ2n) is 6.04. The first-order valence-corrected chi connectivity index (χ1v) is 8.75. The molecule has 0 aliphatic heterocycles. The van der Waals surface area contributed by atoms with Gasteiger partial charge < -0.3 is 14.8 Å². The standard InChI is InChI=1S/C21H20N2O2S/c1-15-8-9-17(13-16(15)2)20(24)19(23-10-4-3-5-11-23)21(26)22-14-18-7-6-12-25-18/h3-13H,14H2,1-2H3,(H-,22,24,26)/p+1. The molecule has 3 rings (SSSR count). The number of nitrogens with one attached hydrogen (secondary N) is 1. The summed E-state index contributed by atoms with van der Waals surface area (Å²) in [5.74, 6) is 0.900. The first-order valence-electron chi connectivity index (χ1n) is 8.34. The Morgan fingerprint density at radius 2 is 1.85 bits per heavy atom. The summed E-state index contributed by atoms with van der Waals surface area (Å²) >= 11 is 5.57. The zero-order valence-corrected chi connectivity index (χ0v) is 15.6. The fourth-order valence-corrected chi connectivity index (χ4v) is 2.86. The summed E-state index contributed by atoms with van der Waals surface area (Å²) in [6.45, 7) is 4.51. The zero-order valence-electron chi connectivity index (χ0n) is 14.8. The third-order valence-corrected chi connectivity index (χ3v) is 4.53. The number of rotatable bonds is 5. The molecule has 4 nitrogen and oxygen atoms in total. The van der Waals surface area contributed by atoms with Crippen LogP contribution in [0.1, 0.15) is 22.5 Å². The summed E-state index contributed by atoms with van der Waals surface area (Å²) < 4.78 is 7.14. The lowest BCUT2D eigenvalue weighted by Gasteiger charge is -2.10. The Morgan fingerprint density at radius 3 is 2.50 bits per heavy atom. The smallest absolute Gasteiger partial charge is 0.287 e. The third-order valence-electron chi connectivity index (χ3n) is 4.20. The van der Waals surface area contributed by atoms with Crippen molar-refractivity contribution in [3.05, 3.63) is 89.6 Å². The van der Waals surface area contributed by atoms with Crippen molar-refractivity contribution in [2.75, 3.05) is 0 Å². The van der Waals surface area contributed by atoms with Gasteiger partial charge >= 0.3 is 0 Å². The summed E-state index contributed by atoms with van der Waals surface area (Å²) in [4.78, 5) is 0.438. The molecule has 5 heteroatoms. The Morgan fingerprint density at radius 1 is 1.08 bits per heavy atom. The average Bonchev–Trinajstić information content (AvgIpc) is 3.17. The number of furan rings is 1. The molecule has 0 radical (unpaired) electrons. The molecule has 0 saturated carbocycles. The van der Waals surface area contributed by atoms with Gasteiger partial charge in [0.2, 0.25) is 0 Å². The van der Waals surface area contributed by atoms with E-state index < -0.39 is 0 Å². The van der Waals surface area contributed by atoms with Crippen molar-refractivity contribution in [1.82, 2.24) is 5.32 Å². The van der Waals surface area contributed by atoms with Crippen LogP contribution in [-0.2, 0) is 6.54 Å². The second kappa shape index (κ2) is 7.97. The highest BCUT2D eigenvalue weighted by Crippen LogP contribution is 2.20. The molecule has 0 atom stereocenters. The molecule has 3 aromatic rings. The number of thiocarbonyl (C=S) groups is 1. The molecule has 0 amide bonds. The molecule has 132 valence electrons. The van der Waals surface area contributed by atoms with Crippen molar-refractivity contribution < 1.29 is 14.1 Å². The largest absolute Gasteiger partial charge is 0.502 e. The van der Waals surface area contributed by atoms with Gasteiger partial charge in [0.25, 0.3) is 5.70 Å². The lowest BCUT2D eigenvalue weighted by Crippen LogP contribution is -2.40. The summed E-state index contributed by atoms with van der Waals surface area (Å²) in [6.07, 6.45) is 5.33. The molecule has 0 bridgehead atoms. The van der Waals surface area contributed by atoms with Gasteiger partial charge in [-0.15, -0.1) is 0 Å². The highest BCUT2D eigenvalue weighted by atomic mass is 32.1. The van der Waals surface area contributed by atoms with Crippen LogP contribution in [0.15, 0.2) is 71.6 Å². The van der Waals surface area contributed by atoms with Gasteiger partial charge in [-0.25, -0.2) is 0 Å². The maximum absolute atomic E-state index is 11.0.